The minimum Gasteiger partial charge on any atom is -0.454 e. The zero-order valence-corrected chi connectivity index (χ0v) is 14.1. The first-order chi connectivity index (χ1) is 12.2. The molecule has 0 saturated carbocycles. The number of thiophene rings is 1. The van der Waals surface area contributed by atoms with E-state index >= 15 is 0 Å². The minimum absolute atomic E-state index is 0.217. The van der Waals surface area contributed by atoms with Crippen LogP contribution in [0.3, 0.4) is 0 Å². The Kier molecular flexibility index (Phi) is 5.48. The van der Waals surface area contributed by atoms with E-state index in [1.165, 1.54) is 23.5 Å². The Morgan fingerprint density at radius 3 is 2.76 bits per heavy atom. The average Bonchev–Trinajstić information content (AvgIpc) is 3.31. The first-order valence-corrected chi connectivity index (χ1v) is 8.44. The van der Waals surface area contributed by atoms with Gasteiger partial charge in [0.15, 0.2) is 6.61 Å². The fraction of sp³-hybridized carbons (Fsp3) is 0.111. The molecule has 1 aromatic carbocycles. The van der Waals surface area contributed by atoms with E-state index in [4.69, 9.17) is 4.74 Å². The molecular weight excluding hydrogens is 338 g/mol. The Hall–Kier alpha value is -3.06. The van der Waals surface area contributed by atoms with Crippen molar-refractivity contribution in [1.29, 1.82) is 0 Å². The number of carbonyl (C=O) groups excluding carboxylic acids is 2. The summed E-state index contributed by atoms with van der Waals surface area (Å²) in [6.45, 7) is 0.325. The van der Waals surface area contributed by atoms with Gasteiger partial charge in [-0.3, -0.25) is 4.79 Å². The number of aromatic nitrogens is 3. The van der Waals surface area contributed by atoms with E-state index in [1.807, 2.05) is 30.3 Å². The predicted octanol–water partition coefficient (Wildman–Crippen LogP) is 2.83. The van der Waals surface area contributed by atoms with Gasteiger partial charge in [0.25, 0.3) is 0 Å². The predicted molar refractivity (Wildman–Crippen MR) is 94.2 cm³/mol. The number of ether oxygens (including phenoxy) is 1. The second-order valence-electron chi connectivity index (χ2n) is 5.17. The fourth-order valence-electron chi connectivity index (χ4n) is 2.08. The van der Waals surface area contributed by atoms with Crippen LogP contribution in [-0.4, -0.2) is 33.4 Å². The number of Topliss-reactive ketones (excluding diaryl/α,β-unsaturated/α-hetero) is 1. The Morgan fingerprint density at radius 2 is 2.00 bits per heavy atom. The lowest BCUT2D eigenvalue weighted by molar-refractivity contribution is -0.136. The van der Waals surface area contributed by atoms with Gasteiger partial charge in [-0.25, -0.2) is 9.48 Å². The molecule has 0 saturated heterocycles. The molecule has 0 aliphatic rings. The number of esters is 1. The standard InChI is InChI=1S/C18H15N3O3S/c22-16(17-7-4-10-25-17)13-24-18(23)9-8-15-12-21(20-19-15)11-14-5-2-1-3-6-14/h1-10,12H,11,13H2/b9-8+. The number of rotatable bonds is 7. The van der Waals surface area contributed by atoms with E-state index in [9.17, 15) is 9.59 Å². The maximum absolute atomic E-state index is 11.7. The maximum atomic E-state index is 11.7. The summed E-state index contributed by atoms with van der Waals surface area (Å²) in [4.78, 5) is 24.0. The van der Waals surface area contributed by atoms with E-state index in [0.29, 0.717) is 17.1 Å². The highest BCUT2D eigenvalue weighted by Gasteiger charge is 2.09. The maximum Gasteiger partial charge on any atom is 0.331 e. The number of ketones is 1. The van der Waals surface area contributed by atoms with Crippen LogP contribution in [0, 0.1) is 0 Å². The van der Waals surface area contributed by atoms with Crippen molar-refractivity contribution in [3.05, 3.63) is 76.3 Å². The second kappa shape index (κ2) is 8.16. The van der Waals surface area contributed by atoms with Crippen molar-refractivity contribution in [2.24, 2.45) is 0 Å². The van der Waals surface area contributed by atoms with Crippen LogP contribution < -0.4 is 0 Å². The Balaban J connectivity index is 1.50. The van der Waals surface area contributed by atoms with Crippen molar-refractivity contribution in [3.8, 4) is 0 Å². The highest BCUT2D eigenvalue weighted by atomic mass is 32.1. The molecule has 3 aromatic rings. The number of hydrogen-bond acceptors (Lipinski definition) is 6. The van der Waals surface area contributed by atoms with Crippen LogP contribution in [0.2, 0.25) is 0 Å². The molecule has 126 valence electrons. The molecule has 0 aliphatic carbocycles. The van der Waals surface area contributed by atoms with Gasteiger partial charge in [-0.1, -0.05) is 41.6 Å². The van der Waals surface area contributed by atoms with Crippen molar-refractivity contribution >= 4 is 29.2 Å². The lowest BCUT2D eigenvalue weighted by Crippen LogP contribution is -2.11. The van der Waals surface area contributed by atoms with E-state index in [0.717, 1.165) is 5.56 Å². The third-order valence-corrected chi connectivity index (χ3v) is 4.19. The Bertz CT molecular complexity index is 870. The largest absolute Gasteiger partial charge is 0.454 e. The topological polar surface area (TPSA) is 74.1 Å². The van der Waals surface area contributed by atoms with Gasteiger partial charge in [0, 0.05) is 6.08 Å². The zero-order valence-electron chi connectivity index (χ0n) is 13.2. The molecule has 6 nitrogen and oxygen atoms in total. The molecule has 2 heterocycles. The summed E-state index contributed by atoms with van der Waals surface area (Å²) < 4.78 is 6.61. The molecule has 0 aliphatic heterocycles. The van der Waals surface area contributed by atoms with Crippen molar-refractivity contribution in [2.45, 2.75) is 6.54 Å². The van der Waals surface area contributed by atoms with Gasteiger partial charge in [-0.2, -0.15) is 0 Å². The van der Waals surface area contributed by atoms with E-state index in [-0.39, 0.29) is 12.4 Å². The first kappa shape index (κ1) is 16.8. The fourth-order valence-corrected chi connectivity index (χ4v) is 2.74. The molecule has 0 unspecified atom stereocenters. The van der Waals surface area contributed by atoms with Gasteiger partial charge >= 0.3 is 5.97 Å². The molecule has 0 atom stereocenters. The van der Waals surface area contributed by atoms with Crippen molar-refractivity contribution in [3.63, 3.8) is 0 Å². The zero-order chi connectivity index (χ0) is 17.5. The summed E-state index contributed by atoms with van der Waals surface area (Å²) in [5.74, 6) is -0.812. The van der Waals surface area contributed by atoms with E-state index < -0.39 is 5.97 Å². The molecule has 0 N–H and O–H groups in total. The SMILES string of the molecule is O=C(/C=C/c1cn(Cc2ccccc2)nn1)OCC(=O)c1cccs1. The van der Waals surface area contributed by atoms with Crippen molar-refractivity contribution in [1.82, 2.24) is 15.0 Å². The van der Waals surface area contributed by atoms with E-state index in [1.54, 1.807) is 28.4 Å². The Morgan fingerprint density at radius 1 is 1.16 bits per heavy atom. The lowest BCUT2D eigenvalue weighted by Gasteiger charge is -1.99. The molecule has 2 aromatic heterocycles. The molecular formula is C18H15N3O3S. The first-order valence-electron chi connectivity index (χ1n) is 7.56. The Labute approximate surface area is 148 Å². The summed E-state index contributed by atoms with van der Waals surface area (Å²) in [5, 5.41) is 9.78. The van der Waals surface area contributed by atoms with E-state index in [2.05, 4.69) is 10.3 Å². The van der Waals surface area contributed by atoms with Crippen LogP contribution in [0.15, 0.2) is 60.1 Å². The van der Waals surface area contributed by atoms with Gasteiger partial charge in [0.05, 0.1) is 17.6 Å². The van der Waals surface area contributed by atoms with Gasteiger partial charge in [0.2, 0.25) is 5.78 Å². The van der Waals surface area contributed by atoms with Crippen LogP contribution in [0.4, 0.5) is 0 Å². The van der Waals surface area contributed by atoms with Crippen molar-refractivity contribution < 1.29 is 14.3 Å². The monoisotopic (exact) mass is 353 g/mol. The number of benzene rings is 1. The number of carbonyl (C=O) groups is 2. The summed E-state index contributed by atoms with van der Waals surface area (Å²) in [7, 11) is 0. The average molecular weight is 353 g/mol. The molecule has 0 fully saturated rings. The van der Waals surface area contributed by atoms with Gasteiger partial charge in [-0.15, -0.1) is 16.4 Å². The summed E-state index contributed by atoms with van der Waals surface area (Å²) in [6, 6.07) is 13.3. The third-order valence-electron chi connectivity index (χ3n) is 3.28. The van der Waals surface area contributed by atoms with Gasteiger partial charge < -0.3 is 4.74 Å². The van der Waals surface area contributed by atoms with Crippen LogP contribution in [-0.2, 0) is 16.1 Å². The molecule has 25 heavy (non-hydrogen) atoms. The van der Waals surface area contributed by atoms with Gasteiger partial charge in [-0.05, 0) is 23.1 Å². The molecule has 7 heteroatoms. The number of nitrogens with zero attached hydrogens (tertiary/aromatic N) is 3. The summed E-state index contributed by atoms with van der Waals surface area (Å²) in [5.41, 5.74) is 1.65. The lowest BCUT2D eigenvalue weighted by atomic mass is 10.2. The van der Waals surface area contributed by atoms with Crippen LogP contribution in [0.5, 0.6) is 0 Å². The summed E-state index contributed by atoms with van der Waals surface area (Å²) >= 11 is 1.32. The normalized spacial score (nSPS) is 10.9. The molecule has 0 amide bonds. The molecule has 0 radical (unpaired) electrons. The second-order valence-corrected chi connectivity index (χ2v) is 6.12. The third kappa shape index (κ3) is 4.95. The summed E-state index contributed by atoms with van der Waals surface area (Å²) in [6.07, 6.45) is 4.47. The van der Waals surface area contributed by atoms with Crippen LogP contribution >= 0.6 is 11.3 Å². The highest BCUT2D eigenvalue weighted by molar-refractivity contribution is 7.12. The van der Waals surface area contributed by atoms with Gasteiger partial charge in [0.1, 0.15) is 5.69 Å². The highest BCUT2D eigenvalue weighted by Crippen LogP contribution is 2.09. The quantitative estimate of drug-likeness (QED) is 0.371. The smallest absolute Gasteiger partial charge is 0.331 e. The molecule has 0 bridgehead atoms. The number of hydrogen-bond donors (Lipinski definition) is 0. The molecule has 0 spiro atoms. The molecule has 3 rings (SSSR count). The minimum atomic E-state index is -0.595. The van der Waals surface area contributed by atoms with Crippen LogP contribution in [0.25, 0.3) is 6.08 Å². The van der Waals surface area contributed by atoms with Crippen LogP contribution in [0.1, 0.15) is 20.9 Å². The van der Waals surface area contributed by atoms with Crippen molar-refractivity contribution in [2.75, 3.05) is 6.61 Å².